The number of rotatable bonds is 7. The zero-order valence-electron chi connectivity index (χ0n) is 14.4. The molecule has 1 N–H and O–H groups in total. The molecule has 2 aromatic carbocycles. The second-order valence-electron chi connectivity index (χ2n) is 6.54. The van der Waals surface area contributed by atoms with Crippen LogP contribution in [0, 0.1) is 5.92 Å². The molecule has 1 heterocycles. The summed E-state index contributed by atoms with van der Waals surface area (Å²) in [6, 6.07) is 20.1. The Hall–Kier alpha value is -2.62. The smallest absolute Gasteiger partial charge is 0.225 e. The molecule has 3 rings (SSSR count). The zero-order valence-corrected chi connectivity index (χ0v) is 14.4. The van der Waals surface area contributed by atoms with Gasteiger partial charge in [-0.25, -0.2) is 0 Å². The van der Waals surface area contributed by atoms with Crippen molar-refractivity contribution in [1.29, 1.82) is 0 Å². The van der Waals surface area contributed by atoms with Gasteiger partial charge >= 0.3 is 0 Å². The van der Waals surface area contributed by atoms with Gasteiger partial charge in [-0.1, -0.05) is 60.7 Å². The molecule has 4 nitrogen and oxygen atoms in total. The summed E-state index contributed by atoms with van der Waals surface area (Å²) in [6.45, 7) is 1.74. The van der Waals surface area contributed by atoms with Crippen molar-refractivity contribution < 1.29 is 9.59 Å². The maximum atomic E-state index is 12.3. The summed E-state index contributed by atoms with van der Waals surface area (Å²) in [6.07, 6.45) is 2.17. The summed E-state index contributed by atoms with van der Waals surface area (Å²) >= 11 is 0. The van der Waals surface area contributed by atoms with Gasteiger partial charge in [0.2, 0.25) is 11.8 Å². The van der Waals surface area contributed by atoms with E-state index in [1.54, 1.807) is 4.90 Å². The predicted octanol–water partition coefficient (Wildman–Crippen LogP) is 2.78. The Morgan fingerprint density at radius 3 is 2.32 bits per heavy atom. The van der Waals surface area contributed by atoms with Crippen molar-refractivity contribution in [3.05, 3.63) is 71.8 Å². The number of amides is 2. The second-order valence-corrected chi connectivity index (χ2v) is 6.54. The molecule has 0 bridgehead atoms. The number of likely N-dealkylation sites (tertiary alicyclic amines) is 1. The Kier molecular flexibility index (Phi) is 5.83. The van der Waals surface area contributed by atoms with Gasteiger partial charge in [0.25, 0.3) is 0 Å². The molecule has 130 valence electrons. The number of hydrogen-bond donors (Lipinski definition) is 1. The van der Waals surface area contributed by atoms with E-state index >= 15 is 0 Å². The number of hydrogen-bond acceptors (Lipinski definition) is 2. The number of carbonyl (C=O) groups excluding carboxylic acids is 2. The van der Waals surface area contributed by atoms with Gasteiger partial charge in [-0.15, -0.1) is 0 Å². The third-order valence-electron chi connectivity index (χ3n) is 4.59. The molecule has 1 aliphatic heterocycles. The molecule has 1 fully saturated rings. The summed E-state index contributed by atoms with van der Waals surface area (Å²) in [5, 5.41) is 2.98. The van der Waals surface area contributed by atoms with Crippen LogP contribution < -0.4 is 5.32 Å². The topological polar surface area (TPSA) is 49.4 Å². The van der Waals surface area contributed by atoms with Crippen LogP contribution in [0.3, 0.4) is 0 Å². The fraction of sp³-hybridized carbons (Fsp3) is 0.333. The first-order valence-electron chi connectivity index (χ1n) is 8.86. The van der Waals surface area contributed by atoms with E-state index in [1.807, 2.05) is 48.5 Å². The highest BCUT2D eigenvalue weighted by atomic mass is 16.2. The molecule has 0 unspecified atom stereocenters. The Morgan fingerprint density at radius 1 is 1.00 bits per heavy atom. The highest BCUT2D eigenvalue weighted by Crippen LogP contribution is 2.20. The molecule has 0 aromatic heterocycles. The molecule has 1 atom stereocenters. The van der Waals surface area contributed by atoms with Gasteiger partial charge in [-0.05, 0) is 24.0 Å². The molecule has 4 heteroatoms. The van der Waals surface area contributed by atoms with Crippen LogP contribution in [0.25, 0.3) is 0 Å². The van der Waals surface area contributed by atoms with Gasteiger partial charge in [-0.2, -0.15) is 0 Å². The van der Waals surface area contributed by atoms with Crippen molar-refractivity contribution in [3.63, 3.8) is 0 Å². The van der Waals surface area contributed by atoms with Crippen molar-refractivity contribution in [2.45, 2.75) is 25.8 Å². The SMILES string of the molecule is O=C(NCCCc1ccccc1)[C@@H]1CC(=O)N(Cc2ccccc2)C1. The molecule has 1 aliphatic rings. The molecule has 0 spiro atoms. The summed E-state index contributed by atoms with van der Waals surface area (Å²) in [4.78, 5) is 26.2. The number of benzene rings is 2. The van der Waals surface area contributed by atoms with Crippen LogP contribution in [0.4, 0.5) is 0 Å². The fourth-order valence-electron chi connectivity index (χ4n) is 3.20. The Morgan fingerprint density at radius 2 is 1.64 bits per heavy atom. The van der Waals surface area contributed by atoms with Crippen molar-refractivity contribution in [2.24, 2.45) is 5.92 Å². The van der Waals surface area contributed by atoms with Gasteiger partial charge in [-0.3, -0.25) is 9.59 Å². The number of carbonyl (C=O) groups is 2. The van der Waals surface area contributed by atoms with Gasteiger partial charge in [0.05, 0.1) is 5.92 Å². The predicted molar refractivity (Wildman–Crippen MR) is 97.7 cm³/mol. The lowest BCUT2D eigenvalue weighted by Gasteiger charge is -2.16. The van der Waals surface area contributed by atoms with E-state index < -0.39 is 0 Å². The second kappa shape index (κ2) is 8.47. The highest BCUT2D eigenvalue weighted by molar-refractivity contribution is 5.89. The summed E-state index contributed by atoms with van der Waals surface area (Å²) in [7, 11) is 0. The third kappa shape index (κ3) is 4.92. The third-order valence-corrected chi connectivity index (χ3v) is 4.59. The number of aryl methyl sites for hydroxylation is 1. The van der Waals surface area contributed by atoms with Crippen LogP contribution in [0.1, 0.15) is 24.0 Å². The average molecular weight is 336 g/mol. The minimum atomic E-state index is -0.229. The van der Waals surface area contributed by atoms with Crippen LogP contribution in [-0.2, 0) is 22.6 Å². The van der Waals surface area contributed by atoms with Gasteiger partial charge < -0.3 is 10.2 Å². The quantitative estimate of drug-likeness (QED) is 0.791. The average Bonchev–Trinajstić information content (AvgIpc) is 3.01. The van der Waals surface area contributed by atoms with E-state index in [-0.39, 0.29) is 17.7 Å². The Balaban J connectivity index is 1.41. The van der Waals surface area contributed by atoms with E-state index in [9.17, 15) is 9.59 Å². The van der Waals surface area contributed by atoms with Crippen molar-refractivity contribution >= 4 is 11.8 Å². The lowest BCUT2D eigenvalue weighted by atomic mass is 10.1. The maximum Gasteiger partial charge on any atom is 0.225 e. The van der Waals surface area contributed by atoms with E-state index in [0.29, 0.717) is 26.1 Å². The molecule has 0 saturated carbocycles. The van der Waals surface area contributed by atoms with Crippen molar-refractivity contribution in [2.75, 3.05) is 13.1 Å². The van der Waals surface area contributed by atoms with Gasteiger partial charge in [0.15, 0.2) is 0 Å². The number of nitrogens with zero attached hydrogens (tertiary/aromatic N) is 1. The molecule has 25 heavy (non-hydrogen) atoms. The normalized spacial score (nSPS) is 16.9. The maximum absolute atomic E-state index is 12.3. The highest BCUT2D eigenvalue weighted by Gasteiger charge is 2.33. The van der Waals surface area contributed by atoms with Crippen LogP contribution in [0.2, 0.25) is 0 Å². The van der Waals surface area contributed by atoms with Crippen LogP contribution in [-0.4, -0.2) is 29.8 Å². The number of nitrogens with one attached hydrogen (secondary N) is 1. The minimum absolute atomic E-state index is 0.00280. The lowest BCUT2D eigenvalue weighted by Crippen LogP contribution is -2.33. The molecule has 2 aromatic rings. The van der Waals surface area contributed by atoms with Gasteiger partial charge in [0, 0.05) is 26.1 Å². The zero-order chi connectivity index (χ0) is 17.5. The van der Waals surface area contributed by atoms with Crippen LogP contribution in [0.5, 0.6) is 0 Å². The molecule has 2 amide bonds. The first kappa shape index (κ1) is 17.2. The molecular weight excluding hydrogens is 312 g/mol. The first-order chi connectivity index (χ1) is 12.2. The summed E-state index contributed by atoms with van der Waals surface area (Å²) < 4.78 is 0. The molecular formula is C21H24N2O2. The van der Waals surface area contributed by atoms with Crippen molar-refractivity contribution in [3.8, 4) is 0 Å². The molecule has 1 saturated heterocycles. The first-order valence-corrected chi connectivity index (χ1v) is 8.86. The summed E-state index contributed by atoms with van der Waals surface area (Å²) in [5.74, 6) is -0.168. The molecule has 0 aliphatic carbocycles. The Bertz CT molecular complexity index is 700. The summed E-state index contributed by atoms with van der Waals surface area (Å²) in [5.41, 5.74) is 2.38. The van der Waals surface area contributed by atoms with Crippen LogP contribution in [0.15, 0.2) is 60.7 Å². The fourth-order valence-corrected chi connectivity index (χ4v) is 3.20. The van der Waals surface area contributed by atoms with Gasteiger partial charge in [0.1, 0.15) is 0 Å². The Labute approximate surface area is 148 Å². The van der Waals surface area contributed by atoms with Crippen LogP contribution >= 0.6 is 0 Å². The van der Waals surface area contributed by atoms with Crippen molar-refractivity contribution in [1.82, 2.24) is 10.2 Å². The lowest BCUT2D eigenvalue weighted by molar-refractivity contribution is -0.129. The van der Waals surface area contributed by atoms with E-state index in [2.05, 4.69) is 17.4 Å². The van der Waals surface area contributed by atoms with E-state index in [1.165, 1.54) is 5.56 Å². The largest absolute Gasteiger partial charge is 0.356 e. The standard InChI is InChI=1S/C21H24N2O2/c24-20-14-19(16-23(20)15-18-10-5-2-6-11-18)21(25)22-13-7-12-17-8-3-1-4-9-17/h1-6,8-11,19H,7,12-16H2,(H,22,25)/t19-/m1/s1. The monoisotopic (exact) mass is 336 g/mol. The van der Waals surface area contributed by atoms with E-state index in [4.69, 9.17) is 0 Å². The van der Waals surface area contributed by atoms with E-state index in [0.717, 1.165) is 18.4 Å². The molecule has 0 radical (unpaired) electrons. The minimum Gasteiger partial charge on any atom is -0.356 e.